The van der Waals surface area contributed by atoms with E-state index in [0.717, 1.165) is 37.3 Å². The summed E-state index contributed by atoms with van der Waals surface area (Å²) in [5.74, 6) is 0. The van der Waals surface area contributed by atoms with Crippen molar-refractivity contribution in [2.24, 2.45) is 5.41 Å². The maximum Gasteiger partial charge on any atom is 0.128 e. The largest absolute Gasteiger partial charge is 0.381 e. The first-order chi connectivity index (χ1) is 12.4. The van der Waals surface area contributed by atoms with Crippen LogP contribution in [-0.2, 0) is 10.3 Å². The topological polar surface area (TPSA) is 53.5 Å². The third-order valence-electron chi connectivity index (χ3n) is 4.10. The van der Waals surface area contributed by atoms with Crippen LogP contribution >= 0.6 is 0 Å². The Morgan fingerprint density at radius 1 is 0.846 bits per heavy atom. The molecule has 0 amide bonds. The van der Waals surface area contributed by atoms with Gasteiger partial charge in [0.25, 0.3) is 0 Å². The highest BCUT2D eigenvalue weighted by Crippen LogP contribution is 2.28. The smallest absolute Gasteiger partial charge is 0.128 e. The molecular formula is C22H32N2O2. The quantitative estimate of drug-likeness (QED) is 0.451. The maximum absolute atomic E-state index is 11.4. The summed E-state index contributed by atoms with van der Waals surface area (Å²) in [5, 5.41) is 11.4. The Balaban J connectivity index is 1.84. The average molecular weight is 357 g/mol. The Morgan fingerprint density at radius 3 is 1.88 bits per heavy atom. The zero-order chi connectivity index (χ0) is 18.9. The molecule has 0 heterocycles. The second-order valence-electron chi connectivity index (χ2n) is 7.84. The normalized spacial score (nSPS) is 12.3. The summed E-state index contributed by atoms with van der Waals surface area (Å²) in [7, 11) is 0. The van der Waals surface area contributed by atoms with E-state index in [0.29, 0.717) is 6.54 Å². The van der Waals surface area contributed by atoms with Crippen molar-refractivity contribution in [2.45, 2.75) is 32.8 Å². The molecule has 0 aliphatic rings. The van der Waals surface area contributed by atoms with Crippen molar-refractivity contribution in [2.75, 3.05) is 26.3 Å². The van der Waals surface area contributed by atoms with E-state index >= 15 is 0 Å². The van der Waals surface area contributed by atoms with E-state index in [1.165, 1.54) is 0 Å². The van der Waals surface area contributed by atoms with Gasteiger partial charge in [0.1, 0.15) is 5.60 Å². The van der Waals surface area contributed by atoms with Crippen LogP contribution in [-0.4, -0.2) is 31.4 Å². The molecule has 0 aliphatic heterocycles. The SMILES string of the molecule is CC(C)(C)COCCCNNCC(O)(c1ccccc1)c1ccccc1. The minimum atomic E-state index is -1.09. The van der Waals surface area contributed by atoms with Crippen molar-refractivity contribution in [1.29, 1.82) is 0 Å². The Morgan fingerprint density at radius 2 is 1.38 bits per heavy atom. The van der Waals surface area contributed by atoms with Crippen molar-refractivity contribution in [3.05, 3.63) is 71.8 Å². The second-order valence-corrected chi connectivity index (χ2v) is 7.84. The minimum absolute atomic E-state index is 0.202. The highest BCUT2D eigenvalue weighted by molar-refractivity contribution is 5.36. The molecule has 0 unspecified atom stereocenters. The Bertz CT molecular complexity index is 584. The number of hydrazine groups is 1. The van der Waals surface area contributed by atoms with Gasteiger partial charge in [-0.3, -0.25) is 10.9 Å². The fourth-order valence-corrected chi connectivity index (χ4v) is 2.72. The van der Waals surface area contributed by atoms with E-state index in [1.807, 2.05) is 60.7 Å². The van der Waals surface area contributed by atoms with Gasteiger partial charge in [-0.15, -0.1) is 0 Å². The van der Waals surface area contributed by atoms with Crippen LogP contribution in [0.5, 0.6) is 0 Å². The van der Waals surface area contributed by atoms with Crippen LogP contribution < -0.4 is 10.9 Å². The Kier molecular flexibility index (Phi) is 7.79. The number of rotatable bonds is 10. The molecule has 4 heteroatoms. The maximum atomic E-state index is 11.4. The summed E-state index contributed by atoms with van der Waals surface area (Å²) in [5.41, 5.74) is 7.22. The van der Waals surface area contributed by atoms with Crippen molar-refractivity contribution >= 4 is 0 Å². The predicted molar refractivity (Wildman–Crippen MR) is 107 cm³/mol. The third kappa shape index (κ3) is 6.54. The monoisotopic (exact) mass is 356 g/mol. The van der Waals surface area contributed by atoms with Crippen LogP contribution in [0.3, 0.4) is 0 Å². The molecule has 0 atom stereocenters. The number of aliphatic hydroxyl groups is 1. The van der Waals surface area contributed by atoms with E-state index in [1.54, 1.807) is 0 Å². The van der Waals surface area contributed by atoms with Crippen LogP contribution in [0, 0.1) is 5.41 Å². The fourth-order valence-electron chi connectivity index (χ4n) is 2.72. The summed E-state index contributed by atoms with van der Waals surface area (Å²) >= 11 is 0. The zero-order valence-electron chi connectivity index (χ0n) is 16.2. The molecule has 0 aliphatic carbocycles. The number of nitrogens with one attached hydrogen (secondary N) is 2. The van der Waals surface area contributed by atoms with Gasteiger partial charge in [0.15, 0.2) is 0 Å². The summed E-state index contributed by atoms with van der Waals surface area (Å²) in [6, 6.07) is 19.5. The van der Waals surface area contributed by atoms with Gasteiger partial charge >= 0.3 is 0 Å². The van der Waals surface area contributed by atoms with Crippen LogP contribution in [0.1, 0.15) is 38.3 Å². The van der Waals surface area contributed by atoms with Gasteiger partial charge in [0.05, 0.1) is 6.61 Å². The molecule has 0 saturated carbocycles. The zero-order valence-corrected chi connectivity index (χ0v) is 16.2. The van der Waals surface area contributed by atoms with Gasteiger partial charge in [0, 0.05) is 19.7 Å². The number of ether oxygens (including phenoxy) is 1. The van der Waals surface area contributed by atoms with E-state index in [2.05, 4.69) is 31.6 Å². The van der Waals surface area contributed by atoms with Crippen LogP contribution in [0.15, 0.2) is 60.7 Å². The average Bonchev–Trinajstić information content (AvgIpc) is 2.64. The number of hydrogen-bond acceptors (Lipinski definition) is 4. The first-order valence-corrected chi connectivity index (χ1v) is 9.29. The standard InChI is InChI=1S/C22H32N2O2/c1-21(2,3)18-26-16-10-15-23-24-17-22(25,19-11-6-4-7-12-19)20-13-8-5-9-14-20/h4-9,11-14,23-25H,10,15-18H2,1-3H3. The van der Waals surface area contributed by atoms with Gasteiger partial charge in [-0.25, -0.2) is 0 Å². The molecular weight excluding hydrogens is 324 g/mol. The summed E-state index contributed by atoms with van der Waals surface area (Å²) in [6.45, 7) is 9.16. The van der Waals surface area contributed by atoms with Crippen molar-refractivity contribution in [3.63, 3.8) is 0 Å². The van der Waals surface area contributed by atoms with Gasteiger partial charge in [-0.05, 0) is 23.0 Å². The lowest BCUT2D eigenvalue weighted by Crippen LogP contribution is -2.45. The molecule has 4 nitrogen and oxygen atoms in total. The molecule has 2 aromatic carbocycles. The number of hydrogen-bond donors (Lipinski definition) is 3. The third-order valence-corrected chi connectivity index (χ3v) is 4.10. The van der Waals surface area contributed by atoms with E-state index in [-0.39, 0.29) is 5.41 Å². The molecule has 26 heavy (non-hydrogen) atoms. The van der Waals surface area contributed by atoms with Gasteiger partial charge < -0.3 is 9.84 Å². The fraction of sp³-hybridized carbons (Fsp3) is 0.455. The first kappa shape index (κ1) is 20.6. The summed E-state index contributed by atoms with van der Waals surface area (Å²) in [6.07, 6.45) is 0.915. The Labute approximate surface area is 157 Å². The number of benzene rings is 2. The van der Waals surface area contributed by atoms with Crippen LogP contribution in [0.2, 0.25) is 0 Å². The van der Waals surface area contributed by atoms with Crippen LogP contribution in [0.25, 0.3) is 0 Å². The first-order valence-electron chi connectivity index (χ1n) is 9.29. The van der Waals surface area contributed by atoms with Crippen molar-refractivity contribution in [1.82, 2.24) is 10.9 Å². The van der Waals surface area contributed by atoms with Crippen LogP contribution in [0.4, 0.5) is 0 Å². The lowest BCUT2D eigenvalue weighted by atomic mass is 9.86. The summed E-state index contributed by atoms with van der Waals surface area (Å²) in [4.78, 5) is 0. The highest BCUT2D eigenvalue weighted by Gasteiger charge is 2.30. The summed E-state index contributed by atoms with van der Waals surface area (Å²) < 4.78 is 5.67. The van der Waals surface area contributed by atoms with Crippen molar-refractivity contribution < 1.29 is 9.84 Å². The molecule has 0 fully saturated rings. The van der Waals surface area contributed by atoms with Gasteiger partial charge in [-0.1, -0.05) is 81.4 Å². The molecule has 0 radical (unpaired) electrons. The molecule has 0 saturated heterocycles. The molecule has 0 spiro atoms. The van der Waals surface area contributed by atoms with Crippen molar-refractivity contribution in [3.8, 4) is 0 Å². The molecule has 3 N–H and O–H groups in total. The lowest BCUT2D eigenvalue weighted by molar-refractivity contribution is 0.0657. The molecule has 2 rings (SSSR count). The molecule has 2 aromatic rings. The molecule has 142 valence electrons. The lowest BCUT2D eigenvalue weighted by Gasteiger charge is -2.30. The van der Waals surface area contributed by atoms with Gasteiger partial charge in [-0.2, -0.15) is 0 Å². The van der Waals surface area contributed by atoms with E-state index in [4.69, 9.17) is 4.74 Å². The van der Waals surface area contributed by atoms with E-state index < -0.39 is 5.60 Å². The predicted octanol–water partition coefficient (Wildman–Crippen LogP) is 3.47. The second kappa shape index (κ2) is 9.83. The van der Waals surface area contributed by atoms with Gasteiger partial charge in [0.2, 0.25) is 0 Å². The molecule has 0 aromatic heterocycles. The van der Waals surface area contributed by atoms with E-state index in [9.17, 15) is 5.11 Å². The minimum Gasteiger partial charge on any atom is -0.381 e. The highest BCUT2D eigenvalue weighted by atomic mass is 16.5. The Hall–Kier alpha value is -1.72. The molecule has 0 bridgehead atoms.